The molecule has 0 spiro atoms. The molecule has 22 heavy (non-hydrogen) atoms. The van der Waals surface area contributed by atoms with Gasteiger partial charge >= 0.3 is 0 Å². The minimum absolute atomic E-state index is 0.138. The van der Waals surface area contributed by atoms with Crippen molar-refractivity contribution in [1.82, 2.24) is 15.5 Å². The number of halogens is 1. The van der Waals surface area contributed by atoms with E-state index in [1.165, 1.54) is 0 Å². The maximum Gasteiger partial charge on any atom is 0.251 e. The van der Waals surface area contributed by atoms with Gasteiger partial charge in [-0.1, -0.05) is 11.6 Å². The van der Waals surface area contributed by atoms with Crippen molar-refractivity contribution >= 4 is 17.5 Å². The average molecular weight is 326 g/mol. The predicted octanol–water partition coefficient (Wildman–Crippen LogP) is 1.09. The molecule has 2 aliphatic heterocycles. The van der Waals surface area contributed by atoms with Crippen molar-refractivity contribution in [2.75, 3.05) is 46.1 Å². The molecule has 0 aliphatic carbocycles. The molecule has 0 saturated carbocycles. The van der Waals surface area contributed by atoms with E-state index in [1.807, 2.05) is 0 Å². The molecule has 2 heterocycles. The number of carbonyl (C=O) groups excluding carboxylic acids is 1. The van der Waals surface area contributed by atoms with Crippen molar-refractivity contribution in [2.24, 2.45) is 0 Å². The summed E-state index contributed by atoms with van der Waals surface area (Å²) in [7, 11) is 0. The average Bonchev–Trinajstić information content (AvgIpc) is 3.01. The summed E-state index contributed by atoms with van der Waals surface area (Å²) < 4.78 is 10.5. The molecule has 2 N–H and O–H groups in total. The van der Waals surface area contributed by atoms with Gasteiger partial charge in [0.1, 0.15) is 0 Å². The number of hydrogen-bond donors (Lipinski definition) is 2. The zero-order valence-electron chi connectivity index (χ0n) is 12.4. The molecule has 1 aromatic rings. The van der Waals surface area contributed by atoms with E-state index in [2.05, 4.69) is 15.5 Å². The summed E-state index contributed by atoms with van der Waals surface area (Å²) in [6.45, 7) is 6.03. The van der Waals surface area contributed by atoms with Gasteiger partial charge in [0.15, 0.2) is 11.5 Å². The second-order valence-corrected chi connectivity index (χ2v) is 5.80. The van der Waals surface area contributed by atoms with Crippen molar-refractivity contribution in [3.63, 3.8) is 0 Å². The molecule has 1 fully saturated rings. The van der Waals surface area contributed by atoms with Crippen LogP contribution in [-0.2, 0) is 0 Å². The van der Waals surface area contributed by atoms with E-state index in [0.29, 0.717) is 28.6 Å². The van der Waals surface area contributed by atoms with E-state index >= 15 is 0 Å². The third-order valence-electron chi connectivity index (χ3n) is 3.84. The SMILES string of the molecule is O=C(NCCCN1CCNCC1)c1cc(Cl)c2c(c1)OCO2. The van der Waals surface area contributed by atoms with Crippen LogP contribution >= 0.6 is 11.6 Å². The molecular weight excluding hydrogens is 306 g/mol. The Morgan fingerprint density at radius 3 is 2.95 bits per heavy atom. The van der Waals surface area contributed by atoms with Gasteiger partial charge in [0.25, 0.3) is 5.91 Å². The zero-order chi connectivity index (χ0) is 15.4. The molecule has 0 bridgehead atoms. The summed E-state index contributed by atoms with van der Waals surface area (Å²) in [6.07, 6.45) is 0.935. The van der Waals surface area contributed by atoms with Gasteiger partial charge in [-0.25, -0.2) is 0 Å². The molecule has 120 valence electrons. The minimum atomic E-state index is -0.138. The standard InChI is InChI=1S/C15H20ClN3O3/c16-12-8-11(9-13-14(12)22-10-21-13)15(20)18-2-1-5-19-6-3-17-4-7-19/h8-9,17H,1-7,10H2,(H,18,20). The largest absolute Gasteiger partial charge is 0.454 e. The van der Waals surface area contributed by atoms with Crippen LogP contribution in [0.2, 0.25) is 5.02 Å². The van der Waals surface area contributed by atoms with Gasteiger partial charge in [0, 0.05) is 38.3 Å². The first-order chi connectivity index (χ1) is 10.7. The zero-order valence-corrected chi connectivity index (χ0v) is 13.1. The van der Waals surface area contributed by atoms with E-state index in [9.17, 15) is 4.79 Å². The number of rotatable bonds is 5. The van der Waals surface area contributed by atoms with Gasteiger partial charge in [-0.2, -0.15) is 0 Å². The van der Waals surface area contributed by atoms with Crippen molar-refractivity contribution < 1.29 is 14.3 Å². The van der Waals surface area contributed by atoms with E-state index in [0.717, 1.165) is 39.1 Å². The first-order valence-electron chi connectivity index (χ1n) is 7.54. The lowest BCUT2D eigenvalue weighted by atomic mass is 10.2. The van der Waals surface area contributed by atoms with Crippen LogP contribution in [0.25, 0.3) is 0 Å². The fourth-order valence-corrected chi connectivity index (χ4v) is 2.91. The quantitative estimate of drug-likeness (QED) is 0.794. The molecule has 1 aromatic carbocycles. The Labute approximate surface area is 134 Å². The number of nitrogens with one attached hydrogen (secondary N) is 2. The van der Waals surface area contributed by atoms with Gasteiger partial charge in [0.2, 0.25) is 6.79 Å². The van der Waals surface area contributed by atoms with Crippen molar-refractivity contribution in [2.45, 2.75) is 6.42 Å². The molecule has 0 aromatic heterocycles. The van der Waals surface area contributed by atoms with Crippen LogP contribution in [0.4, 0.5) is 0 Å². The normalized spacial score (nSPS) is 17.5. The van der Waals surface area contributed by atoms with E-state index < -0.39 is 0 Å². The molecule has 2 aliphatic rings. The van der Waals surface area contributed by atoms with Gasteiger partial charge in [-0.05, 0) is 25.1 Å². The van der Waals surface area contributed by atoms with Crippen molar-refractivity contribution in [3.8, 4) is 11.5 Å². The monoisotopic (exact) mass is 325 g/mol. The highest BCUT2D eigenvalue weighted by molar-refractivity contribution is 6.32. The van der Waals surface area contributed by atoms with Gasteiger partial charge in [-0.3, -0.25) is 4.79 Å². The third-order valence-corrected chi connectivity index (χ3v) is 4.12. The summed E-state index contributed by atoms with van der Waals surface area (Å²) in [5.41, 5.74) is 0.497. The molecule has 1 saturated heterocycles. The Hall–Kier alpha value is -1.50. The molecular formula is C15H20ClN3O3. The fourth-order valence-electron chi connectivity index (χ4n) is 2.64. The van der Waals surface area contributed by atoms with E-state index in [4.69, 9.17) is 21.1 Å². The Morgan fingerprint density at radius 2 is 2.14 bits per heavy atom. The van der Waals surface area contributed by atoms with Crippen LogP contribution in [0.15, 0.2) is 12.1 Å². The number of fused-ring (bicyclic) bond motifs is 1. The lowest BCUT2D eigenvalue weighted by Crippen LogP contribution is -2.44. The molecule has 0 radical (unpaired) electrons. The van der Waals surface area contributed by atoms with Crippen molar-refractivity contribution in [1.29, 1.82) is 0 Å². The molecule has 6 nitrogen and oxygen atoms in total. The summed E-state index contributed by atoms with van der Waals surface area (Å²) in [6, 6.07) is 3.28. The second-order valence-electron chi connectivity index (χ2n) is 5.39. The number of piperazine rings is 1. The summed E-state index contributed by atoms with van der Waals surface area (Å²) in [5.74, 6) is 0.899. The first kappa shape index (κ1) is 15.4. The Kier molecular flexibility index (Phi) is 5.02. The highest BCUT2D eigenvalue weighted by Gasteiger charge is 2.20. The lowest BCUT2D eigenvalue weighted by molar-refractivity contribution is 0.0951. The third kappa shape index (κ3) is 3.63. The van der Waals surface area contributed by atoms with Crippen LogP contribution < -0.4 is 20.1 Å². The number of benzene rings is 1. The predicted molar refractivity (Wildman–Crippen MR) is 83.8 cm³/mol. The lowest BCUT2D eigenvalue weighted by Gasteiger charge is -2.27. The smallest absolute Gasteiger partial charge is 0.251 e. The maximum atomic E-state index is 12.2. The molecule has 3 rings (SSSR count). The van der Waals surface area contributed by atoms with Crippen molar-refractivity contribution in [3.05, 3.63) is 22.7 Å². The number of nitrogens with zero attached hydrogens (tertiary/aromatic N) is 1. The van der Waals surface area contributed by atoms with Crippen LogP contribution in [0.5, 0.6) is 11.5 Å². The number of carbonyl (C=O) groups is 1. The van der Waals surface area contributed by atoms with E-state index in [1.54, 1.807) is 12.1 Å². The summed E-state index contributed by atoms with van der Waals surface area (Å²) >= 11 is 6.08. The topological polar surface area (TPSA) is 62.8 Å². The second kappa shape index (κ2) is 7.17. The van der Waals surface area contributed by atoms with Crippen LogP contribution in [0, 0.1) is 0 Å². The minimum Gasteiger partial charge on any atom is -0.454 e. The molecule has 0 atom stereocenters. The summed E-state index contributed by atoms with van der Waals surface area (Å²) in [5, 5.41) is 6.65. The van der Waals surface area contributed by atoms with Gasteiger partial charge in [-0.15, -0.1) is 0 Å². The maximum absolute atomic E-state index is 12.2. The van der Waals surface area contributed by atoms with Gasteiger partial charge in [0.05, 0.1) is 5.02 Å². The number of amides is 1. The Morgan fingerprint density at radius 1 is 1.32 bits per heavy atom. The Bertz CT molecular complexity index is 547. The first-order valence-corrected chi connectivity index (χ1v) is 7.92. The number of ether oxygens (including phenoxy) is 2. The molecule has 7 heteroatoms. The fraction of sp³-hybridized carbons (Fsp3) is 0.533. The van der Waals surface area contributed by atoms with Crippen LogP contribution in [0.1, 0.15) is 16.8 Å². The van der Waals surface area contributed by atoms with Crippen LogP contribution in [0.3, 0.4) is 0 Å². The van der Waals surface area contributed by atoms with Crippen LogP contribution in [-0.4, -0.2) is 56.9 Å². The Balaban J connectivity index is 1.47. The molecule has 1 amide bonds. The summed E-state index contributed by atoms with van der Waals surface area (Å²) in [4.78, 5) is 14.6. The molecule has 0 unspecified atom stereocenters. The van der Waals surface area contributed by atoms with Gasteiger partial charge < -0.3 is 25.0 Å². The number of hydrogen-bond acceptors (Lipinski definition) is 5. The highest BCUT2D eigenvalue weighted by atomic mass is 35.5. The van der Waals surface area contributed by atoms with E-state index in [-0.39, 0.29) is 12.7 Å². The highest BCUT2D eigenvalue weighted by Crippen LogP contribution is 2.39.